The van der Waals surface area contributed by atoms with Crippen LogP contribution in [0.1, 0.15) is 32.6 Å². The second-order valence-electron chi connectivity index (χ2n) is 4.36. The van der Waals surface area contributed by atoms with E-state index in [0.717, 1.165) is 12.6 Å². The van der Waals surface area contributed by atoms with E-state index >= 15 is 0 Å². The molecule has 0 aromatic heterocycles. The first-order valence-electron chi connectivity index (χ1n) is 5.27. The molecule has 0 aromatic carbocycles. The van der Waals surface area contributed by atoms with Crippen LogP contribution >= 0.6 is 0 Å². The molecule has 0 bridgehead atoms. The fourth-order valence-electron chi connectivity index (χ4n) is 2.36. The number of amides is 1. The van der Waals surface area contributed by atoms with Crippen LogP contribution in [0, 0.1) is 5.92 Å². The van der Waals surface area contributed by atoms with Crippen LogP contribution in [0.2, 0.25) is 0 Å². The summed E-state index contributed by atoms with van der Waals surface area (Å²) in [6, 6.07) is 0.527. The number of rotatable bonds is 1. The van der Waals surface area contributed by atoms with E-state index in [4.69, 9.17) is 0 Å². The van der Waals surface area contributed by atoms with Crippen molar-refractivity contribution in [1.29, 1.82) is 0 Å². The lowest BCUT2D eigenvalue weighted by molar-refractivity contribution is -0.129. The monoisotopic (exact) mass is 182 g/mol. The SMILES string of the molecule is CC1CCC(N2CNCC2=O)CC1. The summed E-state index contributed by atoms with van der Waals surface area (Å²) in [4.78, 5) is 13.4. The van der Waals surface area contributed by atoms with Crippen molar-refractivity contribution in [1.82, 2.24) is 10.2 Å². The molecule has 1 heterocycles. The third-order valence-corrected chi connectivity index (χ3v) is 3.30. The van der Waals surface area contributed by atoms with Crippen molar-refractivity contribution in [2.45, 2.75) is 38.6 Å². The van der Waals surface area contributed by atoms with Crippen LogP contribution in [-0.4, -0.2) is 30.1 Å². The van der Waals surface area contributed by atoms with Gasteiger partial charge in [0, 0.05) is 6.04 Å². The van der Waals surface area contributed by atoms with Crippen molar-refractivity contribution in [2.24, 2.45) is 5.92 Å². The molecule has 1 N–H and O–H groups in total. The molecule has 1 saturated carbocycles. The van der Waals surface area contributed by atoms with Crippen LogP contribution in [0.15, 0.2) is 0 Å². The zero-order chi connectivity index (χ0) is 9.26. The second kappa shape index (κ2) is 3.66. The van der Waals surface area contributed by atoms with Gasteiger partial charge in [-0.1, -0.05) is 6.92 Å². The summed E-state index contributed by atoms with van der Waals surface area (Å²) in [5, 5.41) is 3.11. The molecule has 1 aliphatic heterocycles. The summed E-state index contributed by atoms with van der Waals surface area (Å²) < 4.78 is 0. The standard InChI is InChI=1S/C10H18N2O/c1-8-2-4-9(5-3-8)12-7-11-6-10(12)13/h8-9,11H,2-7H2,1H3. The summed E-state index contributed by atoms with van der Waals surface area (Å²) in [5.41, 5.74) is 0. The number of hydrogen-bond acceptors (Lipinski definition) is 2. The Morgan fingerprint density at radius 1 is 1.31 bits per heavy atom. The minimum Gasteiger partial charge on any atom is -0.326 e. The lowest BCUT2D eigenvalue weighted by Gasteiger charge is -2.32. The van der Waals surface area contributed by atoms with Crippen molar-refractivity contribution in [3.05, 3.63) is 0 Å². The zero-order valence-corrected chi connectivity index (χ0v) is 8.25. The maximum Gasteiger partial charge on any atom is 0.237 e. The Balaban J connectivity index is 1.90. The third-order valence-electron chi connectivity index (χ3n) is 3.30. The van der Waals surface area contributed by atoms with Crippen LogP contribution in [-0.2, 0) is 4.79 Å². The molecule has 74 valence electrons. The molecule has 13 heavy (non-hydrogen) atoms. The number of carbonyl (C=O) groups excluding carboxylic acids is 1. The van der Waals surface area contributed by atoms with Crippen LogP contribution in [0.5, 0.6) is 0 Å². The minimum absolute atomic E-state index is 0.291. The average Bonchev–Trinajstić information content (AvgIpc) is 2.53. The normalized spacial score (nSPS) is 35.5. The van der Waals surface area contributed by atoms with E-state index in [-0.39, 0.29) is 0 Å². The molecule has 1 amide bonds. The number of carbonyl (C=O) groups is 1. The van der Waals surface area contributed by atoms with Gasteiger partial charge in [0.15, 0.2) is 0 Å². The molecular weight excluding hydrogens is 164 g/mol. The van der Waals surface area contributed by atoms with Crippen LogP contribution in [0.25, 0.3) is 0 Å². The molecular formula is C10H18N2O. The third kappa shape index (κ3) is 1.85. The average molecular weight is 182 g/mol. The molecule has 2 rings (SSSR count). The maximum absolute atomic E-state index is 11.4. The summed E-state index contributed by atoms with van der Waals surface area (Å²) in [7, 11) is 0. The van der Waals surface area contributed by atoms with Gasteiger partial charge in [-0.05, 0) is 31.6 Å². The Morgan fingerprint density at radius 2 is 2.00 bits per heavy atom. The summed E-state index contributed by atoms with van der Waals surface area (Å²) in [6.45, 7) is 3.63. The molecule has 2 fully saturated rings. The second-order valence-corrected chi connectivity index (χ2v) is 4.36. The van der Waals surface area contributed by atoms with E-state index in [1.54, 1.807) is 0 Å². The highest BCUT2D eigenvalue weighted by atomic mass is 16.2. The minimum atomic E-state index is 0.291. The van der Waals surface area contributed by atoms with Gasteiger partial charge >= 0.3 is 0 Å². The van der Waals surface area contributed by atoms with E-state index in [0.29, 0.717) is 18.5 Å². The Kier molecular flexibility index (Phi) is 2.54. The van der Waals surface area contributed by atoms with E-state index in [1.807, 2.05) is 4.90 Å². The van der Waals surface area contributed by atoms with Gasteiger partial charge in [0.1, 0.15) is 0 Å². The van der Waals surface area contributed by atoms with Crippen molar-refractivity contribution < 1.29 is 4.79 Å². The van der Waals surface area contributed by atoms with Crippen LogP contribution < -0.4 is 5.32 Å². The molecule has 0 atom stereocenters. The Labute approximate surface area is 79.5 Å². The first-order chi connectivity index (χ1) is 6.27. The van der Waals surface area contributed by atoms with Gasteiger partial charge in [0.25, 0.3) is 0 Å². The molecule has 0 spiro atoms. The largest absolute Gasteiger partial charge is 0.326 e. The van der Waals surface area contributed by atoms with E-state index in [9.17, 15) is 4.79 Å². The van der Waals surface area contributed by atoms with E-state index < -0.39 is 0 Å². The molecule has 1 aliphatic carbocycles. The van der Waals surface area contributed by atoms with Gasteiger partial charge < -0.3 is 4.90 Å². The Morgan fingerprint density at radius 3 is 2.54 bits per heavy atom. The van der Waals surface area contributed by atoms with Gasteiger partial charge in [-0.3, -0.25) is 10.1 Å². The lowest BCUT2D eigenvalue weighted by atomic mass is 9.87. The lowest BCUT2D eigenvalue weighted by Crippen LogP contribution is -2.39. The smallest absolute Gasteiger partial charge is 0.237 e. The summed E-state index contributed by atoms with van der Waals surface area (Å²) in [6.07, 6.45) is 4.98. The zero-order valence-electron chi connectivity index (χ0n) is 8.25. The van der Waals surface area contributed by atoms with Crippen molar-refractivity contribution >= 4 is 5.91 Å². The van der Waals surface area contributed by atoms with Crippen LogP contribution in [0.4, 0.5) is 0 Å². The Hall–Kier alpha value is -0.570. The summed E-state index contributed by atoms with van der Waals surface area (Å²) in [5.74, 6) is 1.15. The molecule has 3 heteroatoms. The fraction of sp³-hybridized carbons (Fsp3) is 0.900. The molecule has 2 aliphatic rings. The number of nitrogens with zero attached hydrogens (tertiary/aromatic N) is 1. The van der Waals surface area contributed by atoms with E-state index in [1.165, 1.54) is 25.7 Å². The van der Waals surface area contributed by atoms with Crippen molar-refractivity contribution in [2.75, 3.05) is 13.2 Å². The highest BCUT2D eigenvalue weighted by Crippen LogP contribution is 2.27. The molecule has 0 radical (unpaired) electrons. The van der Waals surface area contributed by atoms with Gasteiger partial charge in [-0.15, -0.1) is 0 Å². The predicted molar refractivity (Wildman–Crippen MR) is 51.1 cm³/mol. The Bertz CT molecular complexity index is 197. The summed E-state index contributed by atoms with van der Waals surface area (Å²) >= 11 is 0. The van der Waals surface area contributed by atoms with E-state index in [2.05, 4.69) is 12.2 Å². The van der Waals surface area contributed by atoms with Gasteiger partial charge in [-0.25, -0.2) is 0 Å². The highest BCUT2D eigenvalue weighted by molar-refractivity contribution is 5.80. The van der Waals surface area contributed by atoms with Crippen LogP contribution in [0.3, 0.4) is 0 Å². The maximum atomic E-state index is 11.4. The first-order valence-corrected chi connectivity index (χ1v) is 5.27. The topological polar surface area (TPSA) is 32.3 Å². The van der Waals surface area contributed by atoms with Crippen molar-refractivity contribution in [3.63, 3.8) is 0 Å². The fourth-order valence-corrected chi connectivity index (χ4v) is 2.36. The van der Waals surface area contributed by atoms with Crippen molar-refractivity contribution in [3.8, 4) is 0 Å². The highest BCUT2D eigenvalue weighted by Gasteiger charge is 2.29. The molecule has 0 aromatic rings. The molecule has 1 saturated heterocycles. The number of hydrogen-bond donors (Lipinski definition) is 1. The number of nitrogens with one attached hydrogen (secondary N) is 1. The molecule has 0 unspecified atom stereocenters. The van der Waals surface area contributed by atoms with Gasteiger partial charge in [0.05, 0.1) is 13.2 Å². The van der Waals surface area contributed by atoms with Gasteiger partial charge in [0.2, 0.25) is 5.91 Å². The quantitative estimate of drug-likeness (QED) is 0.655. The van der Waals surface area contributed by atoms with Gasteiger partial charge in [-0.2, -0.15) is 0 Å². The first kappa shape index (κ1) is 9.00. The molecule has 3 nitrogen and oxygen atoms in total. The predicted octanol–water partition coefficient (Wildman–Crippen LogP) is 0.954.